The lowest BCUT2D eigenvalue weighted by Gasteiger charge is -1.93. The molecule has 15 heavy (non-hydrogen) atoms. The molecule has 0 atom stereocenters. The van der Waals surface area contributed by atoms with E-state index in [0.29, 0.717) is 23.4 Å². The second-order valence-electron chi connectivity index (χ2n) is 2.99. The SMILES string of the molecule is CCc1nc2cc([N+](=O)[O-])c(Cl)cc2o1. The van der Waals surface area contributed by atoms with Crippen molar-refractivity contribution < 1.29 is 9.34 Å². The van der Waals surface area contributed by atoms with Gasteiger partial charge in [0.2, 0.25) is 0 Å². The summed E-state index contributed by atoms with van der Waals surface area (Å²) in [6, 6.07) is 2.74. The minimum atomic E-state index is -0.540. The number of hydrogen-bond acceptors (Lipinski definition) is 4. The fourth-order valence-electron chi connectivity index (χ4n) is 1.28. The summed E-state index contributed by atoms with van der Waals surface area (Å²) < 4.78 is 5.31. The van der Waals surface area contributed by atoms with E-state index in [-0.39, 0.29) is 10.7 Å². The zero-order chi connectivity index (χ0) is 11.0. The molecule has 0 unspecified atom stereocenters. The molecule has 0 aliphatic carbocycles. The molecule has 1 aromatic heterocycles. The average molecular weight is 227 g/mol. The van der Waals surface area contributed by atoms with Crippen molar-refractivity contribution in [1.29, 1.82) is 0 Å². The number of nitro groups is 1. The molecule has 78 valence electrons. The molecule has 6 heteroatoms. The topological polar surface area (TPSA) is 69.2 Å². The molecule has 1 aromatic carbocycles. The van der Waals surface area contributed by atoms with Crippen molar-refractivity contribution >= 4 is 28.4 Å². The van der Waals surface area contributed by atoms with Gasteiger partial charge in [0.15, 0.2) is 11.5 Å². The van der Waals surface area contributed by atoms with E-state index in [1.807, 2.05) is 6.92 Å². The first-order chi connectivity index (χ1) is 7.11. The minimum Gasteiger partial charge on any atom is -0.441 e. The number of halogens is 1. The van der Waals surface area contributed by atoms with Gasteiger partial charge in [-0.1, -0.05) is 18.5 Å². The van der Waals surface area contributed by atoms with Crippen LogP contribution in [0, 0.1) is 10.1 Å². The summed E-state index contributed by atoms with van der Waals surface area (Å²) in [7, 11) is 0. The number of rotatable bonds is 2. The van der Waals surface area contributed by atoms with E-state index in [9.17, 15) is 10.1 Å². The van der Waals surface area contributed by atoms with Crippen molar-refractivity contribution in [2.75, 3.05) is 0 Å². The Labute approximate surface area is 89.8 Å². The normalized spacial score (nSPS) is 10.8. The molecule has 0 fully saturated rings. The molecular weight excluding hydrogens is 220 g/mol. The molecule has 0 saturated heterocycles. The van der Waals surface area contributed by atoms with Gasteiger partial charge in [0.25, 0.3) is 5.69 Å². The molecule has 0 bridgehead atoms. The van der Waals surface area contributed by atoms with Gasteiger partial charge in [0.05, 0.1) is 4.92 Å². The predicted octanol–water partition coefficient (Wildman–Crippen LogP) is 2.95. The van der Waals surface area contributed by atoms with Gasteiger partial charge in [-0.05, 0) is 0 Å². The first-order valence-electron chi connectivity index (χ1n) is 4.35. The largest absolute Gasteiger partial charge is 0.441 e. The molecule has 0 aliphatic heterocycles. The third kappa shape index (κ3) is 1.66. The van der Waals surface area contributed by atoms with Gasteiger partial charge < -0.3 is 4.42 Å². The van der Waals surface area contributed by atoms with Crippen LogP contribution in [0.4, 0.5) is 5.69 Å². The molecule has 0 N–H and O–H groups in total. The van der Waals surface area contributed by atoms with E-state index in [0.717, 1.165) is 0 Å². The van der Waals surface area contributed by atoms with Crippen LogP contribution in [0.15, 0.2) is 16.5 Å². The number of nitrogens with zero attached hydrogens (tertiary/aromatic N) is 2. The van der Waals surface area contributed by atoms with Crippen LogP contribution in [0.1, 0.15) is 12.8 Å². The highest BCUT2D eigenvalue weighted by atomic mass is 35.5. The summed E-state index contributed by atoms with van der Waals surface area (Å²) in [4.78, 5) is 14.2. The molecule has 5 nitrogen and oxygen atoms in total. The summed E-state index contributed by atoms with van der Waals surface area (Å²) in [5, 5.41) is 10.7. The molecule has 0 spiro atoms. The monoisotopic (exact) mass is 226 g/mol. The Morgan fingerprint density at radius 3 is 2.93 bits per heavy atom. The quantitative estimate of drug-likeness (QED) is 0.583. The Kier molecular flexibility index (Phi) is 2.32. The summed E-state index contributed by atoms with van der Waals surface area (Å²) >= 11 is 5.72. The molecule has 0 amide bonds. The van der Waals surface area contributed by atoms with Crippen LogP contribution < -0.4 is 0 Å². The number of nitro benzene ring substituents is 1. The zero-order valence-electron chi connectivity index (χ0n) is 7.86. The maximum absolute atomic E-state index is 10.6. The third-order valence-corrected chi connectivity index (χ3v) is 2.30. The number of fused-ring (bicyclic) bond motifs is 1. The predicted molar refractivity (Wildman–Crippen MR) is 55.1 cm³/mol. The first-order valence-corrected chi connectivity index (χ1v) is 4.73. The lowest BCUT2D eigenvalue weighted by molar-refractivity contribution is -0.384. The van der Waals surface area contributed by atoms with Crippen molar-refractivity contribution in [2.45, 2.75) is 13.3 Å². The smallest absolute Gasteiger partial charge is 0.290 e. The highest BCUT2D eigenvalue weighted by Gasteiger charge is 2.16. The maximum atomic E-state index is 10.6. The second kappa shape index (κ2) is 3.51. The van der Waals surface area contributed by atoms with E-state index in [2.05, 4.69) is 4.98 Å². The Bertz CT molecular complexity index is 535. The Morgan fingerprint density at radius 1 is 1.60 bits per heavy atom. The molecule has 0 saturated carbocycles. The van der Waals surface area contributed by atoms with E-state index in [1.165, 1.54) is 12.1 Å². The van der Waals surface area contributed by atoms with Gasteiger partial charge in [-0.15, -0.1) is 0 Å². The number of aryl methyl sites for hydroxylation is 1. The minimum absolute atomic E-state index is 0.0614. The lowest BCUT2D eigenvalue weighted by atomic mass is 10.3. The highest BCUT2D eigenvalue weighted by Crippen LogP contribution is 2.29. The van der Waals surface area contributed by atoms with Crippen LogP contribution in [0.5, 0.6) is 0 Å². The van der Waals surface area contributed by atoms with Gasteiger partial charge in [-0.2, -0.15) is 0 Å². The van der Waals surface area contributed by atoms with E-state index < -0.39 is 4.92 Å². The number of oxazole rings is 1. The number of benzene rings is 1. The van der Waals surface area contributed by atoms with Crippen molar-refractivity contribution in [2.24, 2.45) is 0 Å². The van der Waals surface area contributed by atoms with Crippen LogP contribution >= 0.6 is 11.6 Å². The van der Waals surface area contributed by atoms with Crippen LogP contribution in [-0.2, 0) is 6.42 Å². The van der Waals surface area contributed by atoms with Gasteiger partial charge in [-0.3, -0.25) is 10.1 Å². The fraction of sp³-hybridized carbons (Fsp3) is 0.222. The standard InChI is InChI=1S/C9H7ClN2O3/c1-2-9-11-6-4-7(12(13)14)5(10)3-8(6)15-9/h3-4H,2H2,1H3. The summed E-state index contributed by atoms with van der Waals surface area (Å²) in [6.45, 7) is 1.89. The Hall–Kier alpha value is -1.62. The summed E-state index contributed by atoms with van der Waals surface area (Å²) in [6.07, 6.45) is 0.639. The number of aromatic nitrogens is 1. The fourth-order valence-corrected chi connectivity index (χ4v) is 1.50. The van der Waals surface area contributed by atoms with Crippen LogP contribution in [0.25, 0.3) is 11.1 Å². The second-order valence-corrected chi connectivity index (χ2v) is 3.40. The third-order valence-electron chi connectivity index (χ3n) is 2.00. The Balaban J connectivity index is 2.68. The van der Waals surface area contributed by atoms with Crippen molar-refractivity contribution in [3.8, 4) is 0 Å². The van der Waals surface area contributed by atoms with E-state index >= 15 is 0 Å². The molecule has 2 aromatic rings. The van der Waals surface area contributed by atoms with Gasteiger partial charge in [0, 0.05) is 18.6 Å². The first kappa shape index (κ1) is 9.92. The van der Waals surface area contributed by atoms with Gasteiger partial charge in [0.1, 0.15) is 10.5 Å². The molecule has 1 heterocycles. The van der Waals surface area contributed by atoms with Crippen LogP contribution in [0.2, 0.25) is 5.02 Å². The summed E-state index contributed by atoms with van der Waals surface area (Å²) in [5.74, 6) is 0.543. The van der Waals surface area contributed by atoms with Crippen molar-refractivity contribution in [3.05, 3.63) is 33.2 Å². The molecule has 2 rings (SSSR count). The number of hydrogen-bond donors (Lipinski definition) is 0. The van der Waals surface area contributed by atoms with E-state index in [1.54, 1.807) is 0 Å². The molecule has 0 radical (unpaired) electrons. The zero-order valence-corrected chi connectivity index (χ0v) is 8.61. The van der Waals surface area contributed by atoms with Crippen molar-refractivity contribution in [1.82, 2.24) is 4.98 Å². The van der Waals surface area contributed by atoms with Crippen molar-refractivity contribution in [3.63, 3.8) is 0 Å². The van der Waals surface area contributed by atoms with Crippen LogP contribution in [0.3, 0.4) is 0 Å². The maximum Gasteiger partial charge on any atom is 0.290 e. The molecule has 0 aliphatic rings. The summed E-state index contributed by atoms with van der Waals surface area (Å²) in [5.41, 5.74) is 0.783. The lowest BCUT2D eigenvalue weighted by Crippen LogP contribution is -1.88. The van der Waals surface area contributed by atoms with Gasteiger partial charge in [-0.25, -0.2) is 4.98 Å². The molecular formula is C9H7ClN2O3. The van der Waals surface area contributed by atoms with Crippen LogP contribution in [-0.4, -0.2) is 9.91 Å². The Morgan fingerprint density at radius 2 is 2.33 bits per heavy atom. The average Bonchev–Trinajstić information content (AvgIpc) is 2.58. The van der Waals surface area contributed by atoms with E-state index in [4.69, 9.17) is 16.0 Å². The van der Waals surface area contributed by atoms with Gasteiger partial charge >= 0.3 is 0 Å². The highest BCUT2D eigenvalue weighted by molar-refractivity contribution is 6.33.